The summed E-state index contributed by atoms with van der Waals surface area (Å²) in [7, 11) is 0. The second-order valence-corrected chi connectivity index (χ2v) is 6.76. The second-order valence-electron chi connectivity index (χ2n) is 6.76. The predicted molar refractivity (Wildman–Crippen MR) is 101 cm³/mol. The lowest BCUT2D eigenvalue weighted by molar-refractivity contribution is 0.444. The van der Waals surface area contributed by atoms with Gasteiger partial charge in [-0.15, -0.1) is 0 Å². The Morgan fingerprint density at radius 3 is 3.04 bits per heavy atom. The number of hydrogen-bond acceptors (Lipinski definition) is 6. The highest BCUT2D eigenvalue weighted by Crippen LogP contribution is 2.22. The van der Waals surface area contributed by atoms with E-state index < -0.39 is 0 Å². The van der Waals surface area contributed by atoms with Gasteiger partial charge in [-0.05, 0) is 24.8 Å². The Morgan fingerprint density at radius 2 is 2.19 bits per heavy atom. The normalized spacial score (nSPS) is 17.3. The number of hydrogen-bond donors (Lipinski definition) is 1. The van der Waals surface area contributed by atoms with Crippen LogP contribution in [0.4, 0.5) is 11.6 Å². The van der Waals surface area contributed by atoms with Crippen molar-refractivity contribution in [2.24, 2.45) is 5.92 Å². The largest absolute Gasteiger partial charge is 0.366 e. The number of anilines is 2. The molecule has 1 atom stereocenters. The van der Waals surface area contributed by atoms with Gasteiger partial charge < -0.3 is 10.2 Å². The van der Waals surface area contributed by atoms with Gasteiger partial charge in [-0.2, -0.15) is 0 Å². The number of imidazole rings is 1. The van der Waals surface area contributed by atoms with Gasteiger partial charge in [-0.25, -0.2) is 19.9 Å². The summed E-state index contributed by atoms with van der Waals surface area (Å²) in [6.45, 7) is 5.05. The van der Waals surface area contributed by atoms with E-state index in [1.54, 1.807) is 25.0 Å². The Labute approximate surface area is 153 Å². The molecule has 0 saturated carbocycles. The van der Waals surface area contributed by atoms with Gasteiger partial charge in [0.2, 0.25) is 0 Å². The fraction of sp³-hybridized carbons (Fsp3) is 0.368. The molecule has 7 heteroatoms. The van der Waals surface area contributed by atoms with Crippen molar-refractivity contribution in [3.05, 3.63) is 55.0 Å². The van der Waals surface area contributed by atoms with Crippen molar-refractivity contribution in [2.45, 2.75) is 26.3 Å². The molecule has 1 aliphatic heterocycles. The minimum absolute atomic E-state index is 0.633. The molecule has 1 saturated heterocycles. The van der Waals surface area contributed by atoms with E-state index in [0.717, 1.165) is 36.1 Å². The Kier molecular flexibility index (Phi) is 4.77. The first kappa shape index (κ1) is 16.5. The molecule has 4 heterocycles. The third kappa shape index (κ3) is 3.66. The summed E-state index contributed by atoms with van der Waals surface area (Å²) in [4.78, 5) is 19.8. The first-order valence-corrected chi connectivity index (χ1v) is 9.02. The van der Waals surface area contributed by atoms with E-state index in [0.29, 0.717) is 12.5 Å². The predicted octanol–water partition coefficient (Wildman–Crippen LogP) is 2.91. The summed E-state index contributed by atoms with van der Waals surface area (Å²) in [6.07, 6.45) is 11.3. The molecule has 7 nitrogen and oxygen atoms in total. The van der Waals surface area contributed by atoms with Crippen LogP contribution >= 0.6 is 0 Å². The summed E-state index contributed by atoms with van der Waals surface area (Å²) >= 11 is 0. The SMILES string of the molecule is CC1CCCN(c2cc(NCc3cccnc3-n3ccnc3)ncn2)C1. The maximum atomic E-state index is 4.47. The number of pyridine rings is 1. The van der Waals surface area contributed by atoms with Crippen molar-refractivity contribution in [1.82, 2.24) is 24.5 Å². The highest BCUT2D eigenvalue weighted by atomic mass is 15.2. The topological polar surface area (TPSA) is 71.8 Å². The quantitative estimate of drug-likeness (QED) is 0.764. The molecular weight excluding hydrogens is 326 g/mol. The van der Waals surface area contributed by atoms with Gasteiger partial charge >= 0.3 is 0 Å². The zero-order valence-corrected chi connectivity index (χ0v) is 14.9. The van der Waals surface area contributed by atoms with Crippen molar-refractivity contribution in [3.8, 4) is 5.82 Å². The number of nitrogens with zero attached hydrogens (tertiary/aromatic N) is 6. The van der Waals surface area contributed by atoms with Crippen LogP contribution in [0.1, 0.15) is 25.3 Å². The Morgan fingerprint density at radius 1 is 1.23 bits per heavy atom. The fourth-order valence-electron chi connectivity index (χ4n) is 3.39. The molecule has 0 bridgehead atoms. The standard InChI is InChI=1S/C19H23N7/c1-15-4-3-8-25(12-15)18-10-17(23-13-24-18)22-11-16-5-2-6-21-19(16)26-9-7-20-14-26/h2,5-7,9-10,13-15H,3-4,8,11-12H2,1H3,(H,22,23,24). The van der Waals surface area contributed by atoms with Crippen LogP contribution in [0.3, 0.4) is 0 Å². The lowest BCUT2D eigenvalue weighted by Gasteiger charge is -2.31. The maximum absolute atomic E-state index is 4.47. The molecule has 0 aliphatic carbocycles. The molecule has 3 aromatic rings. The van der Waals surface area contributed by atoms with Gasteiger partial charge in [-0.3, -0.25) is 4.57 Å². The van der Waals surface area contributed by atoms with Crippen LogP contribution < -0.4 is 10.2 Å². The van der Waals surface area contributed by atoms with E-state index in [9.17, 15) is 0 Å². The fourth-order valence-corrected chi connectivity index (χ4v) is 3.39. The first-order chi connectivity index (χ1) is 12.8. The van der Waals surface area contributed by atoms with Gasteiger partial charge in [0.25, 0.3) is 0 Å². The molecule has 0 amide bonds. The average Bonchev–Trinajstić information content (AvgIpc) is 3.21. The van der Waals surface area contributed by atoms with Crippen molar-refractivity contribution in [3.63, 3.8) is 0 Å². The lowest BCUT2D eigenvalue weighted by Crippen LogP contribution is -2.34. The highest BCUT2D eigenvalue weighted by molar-refractivity contribution is 5.49. The van der Waals surface area contributed by atoms with Crippen molar-refractivity contribution in [1.29, 1.82) is 0 Å². The number of rotatable bonds is 5. The van der Waals surface area contributed by atoms with Crippen LogP contribution in [0.15, 0.2) is 49.4 Å². The molecule has 3 aromatic heterocycles. The molecule has 1 unspecified atom stereocenters. The van der Waals surface area contributed by atoms with E-state index in [1.165, 1.54) is 12.8 Å². The molecular formula is C19H23N7. The molecule has 1 aliphatic rings. The van der Waals surface area contributed by atoms with Crippen LogP contribution in [0.2, 0.25) is 0 Å². The Hall–Kier alpha value is -2.96. The van der Waals surface area contributed by atoms with Crippen molar-refractivity contribution >= 4 is 11.6 Å². The smallest absolute Gasteiger partial charge is 0.142 e. The molecule has 0 radical (unpaired) electrons. The minimum atomic E-state index is 0.633. The first-order valence-electron chi connectivity index (χ1n) is 9.02. The molecule has 0 spiro atoms. The van der Waals surface area contributed by atoms with E-state index in [4.69, 9.17) is 0 Å². The van der Waals surface area contributed by atoms with Gasteiger partial charge in [0, 0.05) is 49.9 Å². The van der Waals surface area contributed by atoms with Gasteiger partial charge in [0.05, 0.1) is 0 Å². The molecule has 0 aromatic carbocycles. The number of nitrogens with one attached hydrogen (secondary N) is 1. The Bertz CT molecular complexity index is 847. The van der Waals surface area contributed by atoms with E-state index in [1.807, 2.05) is 22.9 Å². The monoisotopic (exact) mass is 349 g/mol. The zero-order chi connectivity index (χ0) is 17.8. The summed E-state index contributed by atoms with van der Waals surface area (Å²) in [6, 6.07) is 6.03. The Balaban J connectivity index is 1.48. The third-order valence-electron chi connectivity index (χ3n) is 4.71. The minimum Gasteiger partial charge on any atom is -0.366 e. The van der Waals surface area contributed by atoms with Crippen LogP contribution in [0, 0.1) is 5.92 Å². The van der Waals surface area contributed by atoms with Gasteiger partial charge in [-0.1, -0.05) is 13.0 Å². The number of aromatic nitrogens is 5. The number of piperidine rings is 1. The third-order valence-corrected chi connectivity index (χ3v) is 4.71. The second kappa shape index (κ2) is 7.51. The zero-order valence-electron chi connectivity index (χ0n) is 14.9. The summed E-state index contributed by atoms with van der Waals surface area (Å²) in [5, 5.41) is 3.40. The molecule has 26 heavy (non-hydrogen) atoms. The van der Waals surface area contributed by atoms with Gasteiger partial charge in [0.15, 0.2) is 0 Å². The summed E-state index contributed by atoms with van der Waals surface area (Å²) in [5.74, 6) is 3.41. The molecule has 1 fully saturated rings. The molecule has 134 valence electrons. The van der Waals surface area contributed by atoms with Crippen LogP contribution in [0.25, 0.3) is 5.82 Å². The lowest BCUT2D eigenvalue weighted by atomic mass is 10.0. The van der Waals surface area contributed by atoms with E-state index in [-0.39, 0.29) is 0 Å². The van der Waals surface area contributed by atoms with E-state index in [2.05, 4.69) is 43.1 Å². The highest BCUT2D eigenvalue weighted by Gasteiger charge is 2.18. The average molecular weight is 349 g/mol. The van der Waals surface area contributed by atoms with Crippen molar-refractivity contribution in [2.75, 3.05) is 23.3 Å². The van der Waals surface area contributed by atoms with Crippen molar-refractivity contribution < 1.29 is 0 Å². The molecule has 4 rings (SSSR count). The van der Waals surface area contributed by atoms with Gasteiger partial charge in [0.1, 0.15) is 30.1 Å². The molecule has 1 N–H and O–H groups in total. The maximum Gasteiger partial charge on any atom is 0.142 e. The van der Waals surface area contributed by atoms with Crippen LogP contribution in [-0.4, -0.2) is 37.6 Å². The van der Waals surface area contributed by atoms with Crippen LogP contribution in [0.5, 0.6) is 0 Å². The summed E-state index contributed by atoms with van der Waals surface area (Å²) in [5.41, 5.74) is 1.08. The summed E-state index contributed by atoms with van der Waals surface area (Å²) < 4.78 is 1.91. The van der Waals surface area contributed by atoms with E-state index >= 15 is 0 Å². The van der Waals surface area contributed by atoms with Crippen LogP contribution in [-0.2, 0) is 6.54 Å².